The zero-order chi connectivity index (χ0) is 13.0. The van der Waals surface area contributed by atoms with Crippen LogP contribution in [0.5, 0.6) is 0 Å². The van der Waals surface area contributed by atoms with E-state index < -0.39 is 6.10 Å². The van der Waals surface area contributed by atoms with Crippen LogP contribution in [0.3, 0.4) is 0 Å². The van der Waals surface area contributed by atoms with Crippen molar-refractivity contribution in [2.24, 2.45) is 5.73 Å². The molecule has 0 radical (unpaired) electrons. The smallest absolute Gasteiger partial charge is 0.255 e. The molecule has 0 saturated carbocycles. The van der Waals surface area contributed by atoms with Crippen molar-refractivity contribution in [3.63, 3.8) is 0 Å². The Hall–Kier alpha value is -0.240. The highest BCUT2D eigenvalue weighted by atomic mass is 32.2. The van der Waals surface area contributed by atoms with Crippen molar-refractivity contribution in [2.45, 2.75) is 36.4 Å². The third-order valence-electron chi connectivity index (χ3n) is 2.89. The Kier molecular flexibility index (Phi) is 5.35. The van der Waals surface area contributed by atoms with Gasteiger partial charge in [0.25, 0.3) is 5.89 Å². The van der Waals surface area contributed by atoms with Gasteiger partial charge in [-0.05, 0) is 19.4 Å². The molecule has 7 heteroatoms. The maximum Gasteiger partial charge on any atom is 0.255 e. The lowest BCUT2D eigenvalue weighted by molar-refractivity contribution is 0.127. The van der Waals surface area contributed by atoms with Crippen LogP contribution in [0.1, 0.15) is 42.8 Å². The Bertz CT molecular complexity index is 375. The predicted molar refractivity (Wildman–Crippen MR) is 74.7 cm³/mol. The van der Waals surface area contributed by atoms with Gasteiger partial charge in [-0.15, -0.1) is 11.8 Å². The summed E-state index contributed by atoms with van der Waals surface area (Å²) in [6.45, 7) is 2.59. The summed E-state index contributed by atoms with van der Waals surface area (Å²) in [5, 5.41) is 14.6. The maximum atomic E-state index is 9.77. The second-order valence-corrected chi connectivity index (χ2v) is 6.79. The minimum Gasteiger partial charge on any atom is -0.383 e. The highest BCUT2D eigenvalue weighted by molar-refractivity contribution is 8.06. The fourth-order valence-electron chi connectivity index (χ4n) is 1.92. The van der Waals surface area contributed by atoms with Crippen LogP contribution < -0.4 is 5.73 Å². The van der Waals surface area contributed by atoms with E-state index in [2.05, 4.69) is 17.1 Å². The van der Waals surface area contributed by atoms with Gasteiger partial charge in [-0.2, -0.15) is 16.7 Å². The molecule has 3 N–H and O–H groups in total. The maximum absolute atomic E-state index is 9.77. The van der Waals surface area contributed by atoms with E-state index in [1.807, 2.05) is 23.5 Å². The Morgan fingerprint density at radius 1 is 1.50 bits per heavy atom. The van der Waals surface area contributed by atoms with Gasteiger partial charge in [0.1, 0.15) is 6.10 Å². The van der Waals surface area contributed by atoms with Crippen LogP contribution in [0.2, 0.25) is 0 Å². The number of hydrogen-bond donors (Lipinski definition) is 2. The van der Waals surface area contributed by atoms with Gasteiger partial charge in [0, 0.05) is 16.8 Å². The van der Waals surface area contributed by atoms with Crippen LogP contribution in [-0.4, -0.2) is 38.5 Å². The highest BCUT2D eigenvalue weighted by Gasteiger charge is 2.31. The molecule has 18 heavy (non-hydrogen) atoms. The summed E-state index contributed by atoms with van der Waals surface area (Å²) < 4.78 is 5.14. The number of rotatable bonds is 5. The van der Waals surface area contributed by atoms with Gasteiger partial charge in [0.2, 0.25) is 0 Å². The number of thioether (sulfide) groups is 2. The summed E-state index contributed by atoms with van der Waals surface area (Å²) >= 11 is 3.84. The van der Waals surface area contributed by atoms with Gasteiger partial charge in [0.15, 0.2) is 5.82 Å². The summed E-state index contributed by atoms with van der Waals surface area (Å²) in [6.07, 6.45) is 0.806. The number of aliphatic hydroxyl groups excluding tert-OH is 1. The monoisotopic (exact) mass is 289 g/mol. The van der Waals surface area contributed by atoms with E-state index in [9.17, 15) is 5.11 Å². The van der Waals surface area contributed by atoms with Crippen molar-refractivity contribution in [1.82, 2.24) is 10.1 Å². The Balaban J connectivity index is 2.08. The summed E-state index contributed by atoms with van der Waals surface area (Å²) in [5.41, 5.74) is 5.40. The lowest BCUT2D eigenvalue weighted by Gasteiger charge is -2.27. The molecular weight excluding hydrogens is 270 g/mol. The SMILES string of the molecule is CCC1SCCSC1c1noc([C@@H](O)CCN)n1. The minimum absolute atomic E-state index is 0.274. The van der Waals surface area contributed by atoms with E-state index in [4.69, 9.17) is 10.3 Å². The largest absolute Gasteiger partial charge is 0.383 e. The molecule has 3 atom stereocenters. The molecule has 2 rings (SSSR count). The highest BCUT2D eigenvalue weighted by Crippen LogP contribution is 2.43. The molecule has 1 aromatic heterocycles. The molecule has 1 aliphatic heterocycles. The third-order valence-corrected chi connectivity index (χ3v) is 6.13. The lowest BCUT2D eigenvalue weighted by Crippen LogP contribution is -2.19. The first-order valence-corrected chi connectivity index (χ1v) is 8.30. The summed E-state index contributed by atoms with van der Waals surface area (Å²) in [4.78, 5) is 4.33. The molecule has 102 valence electrons. The molecule has 2 heterocycles. The van der Waals surface area contributed by atoms with Gasteiger partial charge in [0.05, 0.1) is 5.25 Å². The van der Waals surface area contributed by atoms with Gasteiger partial charge in [-0.25, -0.2) is 0 Å². The lowest BCUT2D eigenvalue weighted by atomic mass is 10.2. The molecule has 0 spiro atoms. The molecule has 1 aromatic rings. The van der Waals surface area contributed by atoms with Gasteiger partial charge < -0.3 is 15.4 Å². The van der Waals surface area contributed by atoms with E-state index >= 15 is 0 Å². The average Bonchev–Trinajstić information content (AvgIpc) is 2.88. The molecule has 0 aromatic carbocycles. The second-order valence-electron chi connectivity index (χ2n) is 4.19. The van der Waals surface area contributed by atoms with Crippen LogP contribution in [0.15, 0.2) is 4.52 Å². The van der Waals surface area contributed by atoms with Crippen molar-refractivity contribution < 1.29 is 9.63 Å². The number of hydrogen-bond acceptors (Lipinski definition) is 7. The van der Waals surface area contributed by atoms with Crippen molar-refractivity contribution in [1.29, 1.82) is 0 Å². The number of aliphatic hydroxyl groups is 1. The van der Waals surface area contributed by atoms with Crippen molar-refractivity contribution >= 4 is 23.5 Å². The van der Waals surface area contributed by atoms with Crippen LogP contribution in [0.4, 0.5) is 0 Å². The van der Waals surface area contributed by atoms with E-state index in [-0.39, 0.29) is 5.25 Å². The van der Waals surface area contributed by atoms with Crippen LogP contribution >= 0.6 is 23.5 Å². The van der Waals surface area contributed by atoms with Crippen LogP contribution in [0.25, 0.3) is 0 Å². The van der Waals surface area contributed by atoms with E-state index in [1.165, 1.54) is 5.75 Å². The first kappa shape index (κ1) is 14.2. The minimum atomic E-state index is -0.738. The van der Waals surface area contributed by atoms with Crippen LogP contribution in [0, 0.1) is 0 Å². The van der Waals surface area contributed by atoms with Crippen molar-refractivity contribution in [2.75, 3.05) is 18.1 Å². The van der Waals surface area contributed by atoms with E-state index in [0.29, 0.717) is 29.9 Å². The first-order valence-electron chi connectivity index (χ1n) is 6.21. The first-order chi connectivity index (χ1) is 8.76. The molecule has 2 unspecified atom stereocenters. The zero-order valence-electron chi connectivity index (χ0n) is 10.4. The van der Waals surface area contributed by atoms with Gasteiger partial charge >= 0.3 is 0 Å². The summed E-state index contributed by atoms with van der Waals surface area (Å²) in [7, 11) is 0. The van der Waals surface area contributed by atoms with E-state index in [1.54, 1.807) is 0 Å². The van der Waals surface area contributed by atoms with Crippen molar-refractivity contribution in [3.8, 4) is 0 Å². The number of nitrogens with zero attached hydrogens (tertiary/aromatic N) is 2. The molecule has 1 saturated heterocycles. The normalized spacial score (nSPS) is 26.2. The Morgan fingerprint density at radius 2 is 2.28 bits per heavy atom. The summed E-state index contributed by atoms with van der Waals surface area (Å²) in [6, 6.07) is 0. The van der Waals surface area contributed by atoms with Crippen molar-refractivity contribution in [3.05, 3.63) is 11.7 Å². The van der Waals surface area contributed by atoms with E-state index in [0.717, 1.165) is 12.2 Å². The average molecular weight is 289 g/mol. The zero-order valence-corrected chi connectivity index (χ0v) is 12.0. The predicted octanol–water partition coefficient (Wildman–Crippen LogP) is 1.75. The molecule has 0 bridgehead atoms. The third kappa shape index (κ3) is 3.20. The topological polar surface area (TPSA) is 85.2 Å². The fourth-order valence-corrected chi connectivity index (χ4v) is 4.90. The molecule has 1 fully saturated rings. The summed E-state index contributed by atoms with van der Waals surface area (Å²) in [5.74, 6) is 3.30. The standard InChI is InChI=1S/C11H19N3O2S2/c1-2-8-9(18-6-5-17-8)10-13-11(16-14-10)7(15)3-4-12/h7-9,15H,2-6,12H2,1H3/t7-,8?,9?/m0/s1. The van der Waals surface area contributed by atoms with Gasteiger partial charge in [-0.1, -0.05) is 12.1 Å². The second kappa shape index (κ2) is 6.79. The number of nitrogens with two attached hydrogens (primary N) is 1. The fraction of sp³-hybridized carbons (Fsp3) is 0.818. The molecule has 5 nitrogen and oxygen atoms in total. The Morgan fingerprint density at radius 3 is 3.00 bits per heavy atom. The van der Waals surface area contributed by atoms with Crippen LogP contribution in [-0.2, 0) is 0 Å². The number of aromatic nitrogens is 2. The van der Waals surface area contributed by atoms with Gasteiger partial charge in [-0.3, -0.25) is 0 Å². The quantitative estimate of drug-likeness (QED) is 0.854. The molecular formula is C11H19N3O2S2. The molecule has 1 aliphatic rings. The molecule has 0 aliphatic carbocycles. The Labute approximate surface area is 115 Å². The molecule has 0 amide bonds.